The Morgan fingerprint density at radius 2 is 1.97 bits per heavy atom. The number of aliphatic hydroxyl groups excluding tert-OH is 1. The van der Waals surface area contributed by atoms with Gasteiger partial charge < -0.3 is 24.8 Å². The van der Waals surface area contributed by atoms with Gasteiger partial charge in [-0.05, 0) is 66.0 Å². The maximum atomic E-state index is 13.1. The summed E-state index contributed by atoms with van der Waals surface area (Å²) in [5.41, 5.74) is 6.38. The lowest BCUT2D eigenvalue weighted by Crippen LogP contribution is -2.35. The van der Waals surface area contributed by atoms with Gasteiger partial charge in [-0.15, -0.1) is 0 Å². The lowest BCUT2D eigenvalue weighted by atomic mass is 9.87. The Hall–Kier alpha value is -3.16. The van der Waals surface area contributed by atoms with Crippen LogP contribution in [0.4, 0.5) is 0 Å². The molecule has 37 heavy (non-hydrogen) atoms. The number of likely N-dealkylation sites (tertiary alicyclic amines) is 1. The van der Waals surface area contributed by atoms with Crippen LogP contribution in [0.5, 0.6) is 0 Å². The van der Waals surface area contributed by atoms with Crippen molar-refractivity contribution in [1.82, 2.24) is 10.2 Å². The van der Waals surface area contributed by atoms with Crippen molar-refractivity contribution in [3.8, 4) is 11.1 Å². The molecular formula is C30H36N2O5. The third-order valence-corrected chi connectivity index (χ3v) is 7.49. The third kappa shape index (κ3) is 5.89. The van der Waals surface area contributed by atoms with Gasteiger partial charge >= 0.3 is 0 Å². The van der Waals surface area contributed by atoms with Crippen LogP contribution in [0.25, 0.3) is 11.1 Å². The minimum Gasteiger partial charge on any atom is -0.459 e. The van der Waals surface area contributed by atoms with Gasteiger partial charge in [-0.1, -0.05) is 42.5 Å². The number of rotatable bonds is 11. The molecule has 2 atom stereocenters. The second-order valence-corrected chi connectivity index (χ2v) is 10.0. The first-order chi connectivity index (χ1) is 18.1. The Bertz CT molecular complexity index is 1160. The Labute approximate surface area is 218 Å². The molecule has 0 aromatic heterocycles. The first kappa shape index (κ1) is 25.5. The van der Waals surface area contributed by atoms with Crippen molar-refractivity contribution in [1.29, 1.82) is 0 Å². The maximum absolute atomic E-state index is 13.1. The summed E-state index contributed by atoms with van der Waals surface area (Å²) in [6, 6.07) is 14.9. The summed E-state index contributed by atoms with van der Waals surface area (Å²) in [5.74, 6) is 0.223. The highest BCUT2D eigenvalue weighted by molar-refractivity contribution is 5.91. The number of carbonyl (C=O) groups excluding carboxylic acids is 2. The van der Waals surface area contributed by atoms with Crippen LogP contribution in [-0.4, -0.2) is 61.0 Å². The quantitative estimate of drug-likeness (QED) is 0.387. The van der Waals surface area contributed by atoms with E-state index in [1.165, 1.54) is 27.8 Å². The fourth-order valence-corrected chi connectivity index (χ4v) is 5.59. The zero-order valence-corrected chi connectivity index (χ0v) is 21.3. The molecule has 1 fully saturated rings. The Morgan fingerprint density at radius 3 is 2.81 bits per heavy atom. The van der Waals surface area contributed by atoms with E-state index >= 15 is 0 Å². The lowest BCUT2D eigenvalue weighted by molar-refractivity contribution is -0.146. The Kier molecular flexibility index (Phi) is 8.21. The van der Waals surface area contributed by atoms with E-state index in [1.807, 2.05) is 11.0 Å². The number of ether oxygens (including phenoxy) is 2. The highest BCUT2D eigenvalue weighted by atomic mass is 16.7. The van der Waals surface area contributed by atoms with E-state index in [2.05, 4.69) is 47.8 Å². The number of nitrogens with one attached hydrogen (secondary N) is 1. The fourth-order valence-electron chi connectivity index (χ4n) is 5.59. The number of fused-ring (bicyclic) bond motifs is 3. The van der Waals surface area contributed by atoms with Crippen LogP contribution in [0.2, 0.25) is 0 Å². The van der Waals surface area contributed by atoms with Crippen molar-refractivity contribution in [2.45, 2.75) is 57.2 Å². The summed E-state index contributed by atoms with van der Waals surface area (Å²) in [5, 5.41) is 12.1. The van der Waals surface area contributed by atoms with Crippen molar-refractivity contribution in [2.75, 3.05) is 32.8 Å². The second kappa shape index (κ2) is 11.9. The third-order valence-electron chi connectivity index (χ3n) is 7.49. The van der Waals surface area contributed by atoms with Gasteiger partial charge in [0.25, 0.3) is 5.91 Å². The molecule has 0 unspecified atom stereocenters. The summed E-state index contributed by atoms with van der Waals surface area (Å²) < 4.78 is 12.0. The van der Waals surface area contributed by atoms with E-state index in [9.17, 15) is 9.59 Å². The number of amides is 2. The minimum absolute atomic E-state index is 0.0103. The summed E-state index contributed by atoms with van der Waals surface area (Å²) in [7, 11) is 0. The van der Waals surface area contributed by atoms with Gasteiger partial charge in [-0.25, -0.2) is 0 Å². The second-order valence-electron chi connectivity index (χ2n) is 10.0. The van der Waals surface area contributed by atoms with Crippen molar-refractivity contribution in [3.05, 3.63) is 71.0 Å². The number of unbranched alkanes of at least 4 members (excludes halogenated alkanes) is 1. The molecule has 7 heteroatoms. The molecule has 0 radical (unpaired) electrons. The standard InChI is InChI=1S/C30H36N2O5/c33-16-3-4-17-36-29-20-22(24-10-5-11-25-23-9-2-1-8-21(23)18-26(24)25)19-27(37-29)30(35)31-13-7-15-32-14-6-12-28(32)34/h1-2,5,8-11,19,22,29,33H,3-4,6-7,12-18,20H2,(H,31,35)/t22-,29+/m1/s1. The van der Waals surface area contributed by atoms with Gasteiger partial charge in [0.2, 0.25) is 12.2 Å². The number of hydrogen-bond donors (Lipinski definition) is 2. The molecule has 2 aliphatic heterocycles. The highest BCUT2D eigenvalue weighted by Gasteiger charge is 2.32. The van der Waals surface area contributed by atoms with Crippen molar-refractivity contribution in [3.63, 3.8) is 0 Å². The van der Waals surface area contributed by atoms with Crippen molar-refractivity contribution < 1.29 is 24.2 Å². The van der Waals surface area contributed by atoms with Crippen LogP contribution in [0.1, 0.15) is 61.1 Å². The fraction of sp³-hybridized carbons (Fsp3) is 0.467. The number of nitrogens with zero attached hydrogens (tertiary/aromatic N) is 1. The largest absolute Gasteiger partial charge is 0.459 e. The first-order valence-corrected chi connectivity index (χ1v) is 13.5. The number of aliphatic hydroxyl groups is 1. The number of hydrogen-bond acceptors (Lipinski definition) is 5. The molecule has 0 spiro atoms. The molecular weight excluding hydrogens is 468 g/mol. The topological polar surface area (TPSA) is 88.1 Å². The predicted molar refractivity (Wildman–Crippen MR) is 141 cm³/mol. The highest BCUT2D eigenvalue weighted by Crippen LogP contribution is 2.42. The van der Waals surface area contributed by atoms with Crippen LogP contribution in [0.3, 0.4) is 0 Å². The van der Waals surface area contributed by atoms with Crippen LogP contribution in [0, 0.1) is 0 Å². The molecule has 2 aromatic rings. The molecule has 0 saturated carbocycles. The molecule has 2 N–H and O–H groups in total. The van der Waals surface area contributed by atoms with Crippen LogP contribution < -0.4 is 5.32 Å². The molecule has 2 heterocycles. The van der Waals surface area contributed by atoms with Gasteiger partial charge in [0.05, 0.1) is 6.61 Å². The predicted octanol–water partition coefficient (Wildman–Crippen LogP) is 3.89. The summed E-state index contributed by atoms with van der Waals surface area (Å²) >= 11 is 0. The van der Waals surface area contributed by atoms with E-state index in [4.69, 9.17) is 14.6 Å². The van der Waals surface area contributed by atoms with Gasteiger partial charge in [-0.2, -0.15) is 0 Å². The van der Waals surface area contributed by atoms with E-state index in [1.54, 1.807) is 0 Å². The van der Waals surface area contributed by atoms with Crippen LogP contribution >= 0.6 is 0 Å². The molecule has 1 aliphatic carbocycles. The van der Waals surface area contributed by atoms with E-state index in [0.717, 1.165) is 25.8 Å². The molecule has 2 aromatic carbocycles. The van der Waals surface area contributed by atoms with Gasteiger partial charge in [0, 0.05) is 45.0 Å². The van der Waals surface area contributed by atoms with Crippen molar-refractivity contribution in [2.24, 2.45) is 0 Å². The normalized spacial score (nSPS) is 20.3. The van der Waals surface area contributed by atoms with Gasteiger partial charge in [0.1, 0.15) is 0 Å². The van der Waals surface area contributed by atoms with Crippen LogP contribution in [-0.2, 0) is 25.5 Å². The van der Waals surface area contributed by atoms with Crippen LogP contribution in [0.15, 0.2) is 54.3 Å². The summed E-state index contributed by atoms with van der Waals surface area (Å²) in [4.78, 5) is 26.8. The number of benzene rings is 2. The van der Waals surface area contributed by atoms with E-state index in [0.29, 0.717) is 45.4 Å². The zero-order valence-electron chi connectivity index (χ0n) is 21.3. The molecule has 2 amide bonds. The average molecular weight is 505 g/mol. The molecule has 5 rings (SSSR count). The SMILES string of the molecule is O=C(NCCCN1CCCC1=O)C1=C[C@@H](c2cccc3c2Cc2ccccc2-3)C[C@@H](OCCCCO)O1. The number of carbonyl (C=O) groups is 2. The maximum Gasteiger partial charge on any atom is 0.286 e. The molecule has 3 aliphatic rings. The monoisotopic (exact) mass is 504 g/mol. The van der Waals surface area contributed by atoms with Gasteiger partial charge in [0.15, 0.2) is 5.76 Å². The Morgan fingerprint density at radius 1 is 1.11 bits per heavy atom. The van der Waals surface area contributed by atoms with Gasteiger partial charge in [-0.3, -0.25) is 9.59 Å². The smallest absolute Gasteiger partial charge is 0.286 e. The van der Waals surface area contributed by atoms with E-state index < -0.39 is 6.29 Å². The summed E-state index contributed by atoms with van der Waals surface area (Å²) in [6.07, 6.45) is 6.57. The molecule has 196 valence electrons. The lowest BCUT2D eigenvalue weighted by Gasteiger charge is -2.30. The van der Waals surface area contributed by atoms with Crippen molar-refractivity contribution >= 4 is 11.8 Å². The molecule has 1 saturated heterocycles. The Balaban J connectivity index is 1.30. The number of allylic oxidation sites excluding steroid dienone is 1. The minimum atomic E-state index is -0.531. The summed E-state index contributed by atoms with van der Waals surface area (Å²) in [6.45, 7) is 2.55. The first-order valence-electron chi connectivity index (χ1n) is 13.5. The molecule has 7 nitrogen and oxygen atoms in total. The average Bonchev–Trinajstić information content (AvgIpc) is 3.51. The van der Waals surface area contributed by atoms with E-state index in [-0.39, 0.29) is 30.1 Å². The zero-order chi connectivity index (χ0) is 25.6. The molecule has 0 bridgehead atoms.